The molecule has 1 nitrogen and oxygen atoms in total. The van der Waals surface area contributed by atoms with Crippen molar-refractivity contribution >= 4 is 15.9 Å². The van der Waals surface area contributed by atoms with Crippen LogP contribution in [0.2, 0.25) is 0 Å². The Balaban J connectivity index is 2.71. The fourth-order valence-electron chi connectivity index (χ4n) is 1.77. The molecular weight excluding hydrogens is 250 g/mol. The lowest BCUT2D eigenvalue weighted by Crippen LogP contribution is -2.33. The molecule has 0 fully saturated rings. The first-order chi connectivity index (χ1) is 7.19. The van der Waals surface area contributed by atoms with Crippen LogP contribution in [0.25, 0.3) is 0 Å². The number of halogens is 1. The first kappa shape index (κ1) is 12.7. The van der Waals surface area contributed by atoms with Crippen LogP contribution in [0.3, 0.4) is 0 Å². The summed E-state index contributed by atoms with van der Waals surface area (Å²) in [6.45, 7) is 4.55. The molecule has 2 heteroatoms. The lowest BCUT2D eigenvalue weighted by atomic mass is 9.93. The highest BCUT2D eigenvalue weighted by Crippen LogP contribution is 2.20. The predicted molar refractivity (Wildman–Crippen MR) is 70.1 cm³/mol. The highest BCUT2D eigenvalue weighted by atomic mass is 79.9. The molecule has 0 amide bonds. The highest BCUT2D eigenvalue weighted by Gasteiger charge is 2.14. The van der Waals surface area contributed by atoms with Crippen LogP contribution >= 0.6 is 15.9 Å². The summed E-state index contributed by atoms with van der Waals surface area (Å²) in [5.41, 5.74) is 1.39. The van der Waals surface area contributed by atoms with E-state index in [1.54, 1.807) is 0 Å². The Hall–Kier alpha value is -0.340. The van der Waals surface area contributed by atoms with E-state index in [2.05, 4.69) is 59.4 Å². The van der Waals surface area contributed by atoms with E-state index >= 15 is 0 Å². The molecule has 0 heterocycles. The minimum atomic E-state index is 0.564. The number of hydrogen-bond donors (Lipinski definition) is 1. The molecular formula is C13H20BrN. The van der Waals surface area contributed by atoms with Crippen LogP contribution in [0.15, 0.2) is 28.7 Å². The van der Waals surface area contributed by atoms with Crippen LogP contribution in [-0.2, 0) is 6.42 Å². The van der Waals surface area contributed by atoms with Gasteiger partial charge >= 0.3 is 0 Å². The third-order valence-corrected chi connectivity index (χ3v) is 3.87. The van der Waals surface area contributed by atoms with Gasteiger partial charge in [0.25, 0.3) is 0 Å². The van der Waals surface area contributed by atoms with Crippen LogP contribution in [0.4, 0.5) is 0 Å². The minimum Gasteiger partial charge on any atom is -0.316 e. The van der Waals surface area contributed by atoms with Gasteiger partial charge in [-0.25, -0.2) is 0 Å². The SMILES string of the molecule is CCC(C)C(Cc1ccccc1Br)NC. The minimum absolute atomic E-state index is 0.564. The average Bonchev–Trinajstić information content (AvgIpc) is 2.27. The van der Waals surface area contributed by atoms with Crippen LogP contribution in [0.5, 0.6) is 0 Å². The number of benzene rings is 1. The second-order valence-corrected chi connectivity index (χ2v) is 4.93. The van der Waals surface area contributed by atoms with Gasteiger partial charge in [0, 0.05) is 10.5 Å². The molecule has 0 aromatic heterocycles. The first-order valence-electron chi connectivity index (χ1n) is 5.59. The van der Waals surface area contributed by atoms with Crippen LogP contribution in [0, 0.1) is 5.92 Å². The predicted octanol–water partition coefficient (Wildman–Crippen LogP) is 3.63. The van der Waals surface area contributed by atoms with E-state index < -0.39 is 0 Å². The third kappa shape index (κ3) is 3.62. The largest absolute Gasteiger partial charge is 0.316 e. The van der Waals surface area contributed by atoms with Gasteiger partial charge < -0.3 is 5.32 Å². The van der Waals surface area contributed by atoms with E-state index in [1.165, 1.54) is 16.5 Å². The summed E-state index contributed by atoms with van der Waals surface area (Å²) < 4.78 is 1.22. The molecule has 0 aliphatic rings. The summed E-state index contributed by atoms with van der Waals surface area (Å²) >= 11 is 3.60. The molecule has 0 radical (unpaired) electrons. The van der Waals surface area contributed by atoms with Gasteiger partial charge in [0.2, 0.25) is 0 Å². The highest BCUT2D eigenvalue weighted by molar-refractivity contribution is 9.10. The smallest absolute Gasteiger partial charge is 0.0207 e. The van der Waals surface area contributed by atoms with Crippen molar-refractivity contribution in [2.45, 2.75) is 32.7 Å². The zero-order chi connectivity index (χ0) is 11.3. The molecule has 0 aliphatic heterocycles. The summed E-state index contributed by atoms with van der Waals surface area (Å²) in [6, 6.07) is 9.03. The van der Waals surface area contributed by atoms with Gasteiger partial charge in [0.15, 0.2) is 0 Å². The molecule has 1 aromatic carbocycles. The molecule has 0 saturated carbocycles. The maximum absolute atomic E-state index is 3.60. The fraction of sp³-hybridized carbons (Fsp3) is 0.538. The molecule has 0 bridgehead atoms. The average molecular weight is 270 g/mol. The summed E-state index contributed by atoms with van der Waals surface area (Å²) in [4.78, 5) is 0. The Morgan fingerprint density at radius 1 is 1.33 bits per heavy atom. The van der Waals surface area contributed by atoms with E-state index in [-0.39, 0.29) is 0 Å². The van der Waals surface area contributed by atoms with Crippen molar-refractivity contribution in [2.24, 2.45) is 5.92 Å². The standard InChI is InChI=1S/C13H20BrN/c1-4-10(2)13(15-3)9-11-7-5-6-8-12(11)14/h5-8,10,13,15H,4,9H2,1-3H3. The quantitative estimate of drug-likeness (QED) is 0.861. The summed E-state index contributed by atoms with van der Waals surface area (Å²) in [6.07, 6.45) is 2.31. The number of nitrogens with one attached hydrogen (secondary N) is 1. The topological polar surface area (TPSA) is 12.0 Å². The molecule has 0 aliphatic carbocycles. The van der Waals surface area contributed by atoms with Gasteiger partial charge in [-0.1, -0.05) is 54.4 Å². The van der Waals surface area contributed by atoms with Crippen LogP contribution in [-0.4, -0.2) is 13.1 Å². The maximum atomic E-state index is 3.60. The Morgan fingerprint density at radius 2 is 2.00 bits per heavy atom. The maximum Gasteiger partial charge on any atom is 0.0207 e. The second-order valence-electron chi connectivity index (χ2n) is 4.08. The van der Waals surface area contributed by atoms with E-state index in [0.717, 1.165) is 6.42 Å². The zero-order valence-electron chi connectivity index (χ0n) is 9.76. The van der Waals surface area contributed by atoms with Crippen molar-refractivity contribution in [3.63, 3.8) is 0 Å². The van der Waals surface area contributed by atoms with Crippen LogP contribution < -0.4 is 5.32 Å². The fourth-order valence-corrected chi connectivity index (χ4v) is 2.22. The van der Waals surface area contributed by atoms with E-state index in [4.69, 9.17) is 0 Å². The van der Waals surface area contributed by atoms with Crippen molar-refractivity contribution in [1.82, 2.24) is 5.32 Å². The summed E-state index contributed by atoms with van der Waals surface area (Å²) in [5, 5.41) is 3.41. The zero-order valence-corrected chi connectivity index (χ0v) is 11.3. The molecule has 1 aromatic rings. The molecule has 0 saturated heterocycles. The van der Waals surface area contributed by atoms with E-state index in [0.29, 0.717) is 12.0 Å². The Morgan fingerprint density at radius 3 is 2.53 bits per heavy atom. The lowest BCUT2D eigenvalue weighted by molar-refractivity contribution is 0.386. The lowest BCUT2D eigenvalue weighted by Gasteiger charge is -2.23. The molecule has 15 heavy (non-hydrogen) atoms. The molecule has 2 atom stereocenters. The van der Waals surface area contributed by atoms with Crippen molar-refractivity contribution in [3.8, 4) is 0 Å². The van der Waals surface area contributed by atoms with E-state index in [1.807, 2.05) is 7.05 Å². The molecule has 1 N–H and O–H groups in total. The number of rotatable bonds is 5. The molecule has 0 spiro atoms. The Bertz CT molecular complexity index is 298. The number of hydrogen-bond acceptors (Lipinski definition) is 1. The van der Waals surface area contributed by atoms with Gasteiger partial charge in [-0.3, -0.25) is 0 Å². The summed E-state index contributed by atoms with van der Waals surface area (Å²) in [5.74, 6) is 0.710. The Kier molecular flexibility index (Phi) is 5.34. The second kappa shape index (κ2) is 6.29. The number of likely N-dealkylation sites (N-methyl/N-ethyl adjacent to an activating group) is 1. The molecule has 2 unspecified atom stereocenters. The monoisotopic (exact) mass is 269 g/mol. The van der Waals surface area contributed by atoms with Crippen molar-refractivity contribution in [1.29, 1.82) is 0 Å². The van der Waals surface area contributed by atoms with E-state index in [9.17, 15) is 0 Å². The normalized spacial score (nSPS) is 14.9. The van der Waals surface area contributed by atoms with Crippen LogP contribution in [0.1, 0.15) is 25.8 Å². The van der Waals surface area contributed by atoms with Gasteiger partial charge in [-0.2, -0.15) is 0 Å². The molecule has 1 rings (SSSR count). The van der Waals surface area contributed by atoms with Crippen molar-refractivity contribution in [2.75, 3.05) is 7.05 Å². The van der Waals surface area contributed by atoms with Gasteiger partial charge in [-0.15, -0.1) is 0 Å². The summed E-state index contributed by atoms with van der Waals surface area (Å²) in [7, 11) is 2.05. The van der Waals surface area contributed by atoms with Crippen molar-refractivity contribution in [3.05, 3.63) is 34.3 Å². The Labute approximate surface area is 101 Å². The van der Waals surface area contributed by atoms with Gasteiger partial charge in [0.1, 0.15) is 0 Å². The molecule has 84 valence electrons. The van der Waals surface area contributed by atoms with Crippen molar-refractivity contribution < 1.29 is 0 Å². The van der Waals surface area contributed by atoms with Gasteiger partial charge in [-0.05, 0) is 31.0 Å². The van der Waals surface area contributed by atoms with Gasteiger partial charge in [0.05, 0.1) is 0 Å². The third-order valence-electron chi connectivity index (χ3n) is 3.10. The first-order valence-corrected chi connectivity index (χ1v) is 6.39.